The largest absolute Gasteiger partial charge is 0.493 e. The number of ketones is 1. The molecule has 0 aromatic heterocycles. The van der Waals surface area contributed by atoms with E-state index < -0.39 is 17.6 Å². The normalized spacial score (nSPS) is 25.9. The van der Waals surface area contributed by atoms with Gasteiger partial charge in [0.15, 0.2) is 23.0 Å². The lowest BCUT2D eigenvalue weighted by Gasteiger charge is -2.47. The highest BCUT2D eigenvalue weighted by Crippen LogP contribution is 2.55. The second-order valence-electron chi connectivity index (χ2n) is 7.92. The topological polar surface area (TPSA) is 92.7 Å². The summed E-state index contributed by atoms with van der Waals surface area (Å²) in [7, 11) is 4.62. The molecule has 0 amide bonds. The van der Waals surface area contributed by atoms with E-state index in [1.165, 1.54) is 7.11 Å². The Morgan fingerprint density at radius 2 is 1.65 bits per heavy atom. The molecule has 8 nitrogen and oxygen atoms in total. The monoisotopic (exact) mass is 428 g/mol. The standard InChI is InChI=1S/C23H24O8/c1-26-18-7-12(8-19(27-2)22(18)28-3)20-13-9-16-17(30-11-29-16)10-15(13)31-23(25)6-4-5-14(24)21(20)23/h7-10,20-21,25H,4-6,11H2,1-3H3/t20-,21-,23?/m1/s1. The number of fused-ring (bicyclic) bond motifs is 3. The van der Waals surface area contributed by atoms with Crippen LogP contribution in [0.1, 0.15) is 36.3 Å². The van der Waals surface area contributed by atoms with E-state index >= 15 is 0 Å². The molecule has 0 saturated heterocycles. The predicted octanol–water partition coefficient (Wildman–Crippen LogP) is 3.02. The Balaban J connectivity index is 1.75. The van der Waals surface area contributed by atoms with Gasteiger partial charge in [-0.2, -0.15) is 0 Å². The van der Waals surface area contributed by atoms with Crippen molar-refractivity contribution in [2.75, 3.05) is 28.1 Å². The zero-order chi connectivity index (χ0) is 21.8. The van der Waals surface area contributed by atoms with Crippen molar-refractivity contribution in [1.29, 1.82) is 0 Å². The van der Waals surface area contributed by atoms with E-state index in [0.717, 1.165) is 11.1 Å². The molecule has 1 N–H and O–H groups in total. The molecule has 2 heterocycles. The molecule has 0 bridgehead atoms. The third-order valence-corrected chi connectivity index (χ3v) is 6.30. The average Bonchev–Trinajstić information content (AvgIpc) is 3.22. The number of carbonyl (C=O) groups excluding carboxylic acids is 1. The molecule has 1 saturated carbocycles. The number of ether oxygens (including phenoxy) is 6. The van der Waals surface area contributed by atoms with Crippen LogP contribution >= 0.6 is 0 Å². The Morgan fingerprint density at radius 3 is 2.29 bits per heavy atom. The Labute approximate surface area is 179 Å². The summed E-state index contributed by atoms with van der Waals surface area (Å²) >= 11 is 0. The Bertz CT molecular complexity index is 1020. The number of hydrogen-bond acceptors (Lipinski definition) is 8. The van der Waals surface area contributed by atoms with Gasteiger partial charge in [-0.15, -0.1) is 0 Å². The van der Waals surface area contributed by atoms with E-state index in [2.05, 4.69) is 0 Å². The van der Waals surface area contributed by atoms with Crippen molar-refractivity contribution < 1.29 is 38.3 Å². The predicted molar refractivity (Wildman–Crippen MR) is 108 cm³/mol. The highest BCUT2D eigenvalue weighted by atomic mass is 16.7. The zero-order valence-electron chi connectivity index (χ0n) is 17.6. The first-order valence-electron chi connectivity index (χ1n) is 10.2. The molecule has 2 aromatic carbocycles. The number of aliphatic hydroxyl groups is 1. The number of methoxy groups -OCH3 is 3. The molecule has 1 fully saturated rings. The fourth-order valence-corrected chi connectivity index (χ4v) is 4.93. The van der Waals surface area contributed by atoms with E-state index in [9.17, 15) is 9.90 Å². The fourth-order valence-electron chi connectivity index (χ4n) is 4.93. The van der Waals surface area contributed by atoms with Crippen molar-refractivity contribution >= 4 is 5.78 Å². The lowest BCUT2D eigenvalue weighted by atomic mass is 9.67. The maximum atomic E-state index is 13.1. The van der Waals surface area contributed by atoms with Gasteiger partial charge in [-0.3, -0.25) is 4.79 Å². The van der Waals surface area contributed by atoms with Crippen molar-refractivity contribution in [2.45, 2.75) is 31.0 Å². The van der Waals surface area contributed by atoms with Gasteiger partial charge in [-0.05, 0) is 30.2 Å². The van der Waals surface area contributed by atoms with Crippen LogP contribution < -0.4 is 28.4 Å². The first-order valence-corrected chi connectivity index (χ1v) is 10.2. The summed E-state index contributed by atoms with van der Waals surface area (Å²) in [6.45, 7) is 0.111. The van der Waals surface area contributed by atoms with Crippen LogP contribution in [0.3, 0.4) is 0 Å². The number of Topliss-reactive ketones (excluding diaryl/α,β-unsaturated/α-hetero) is 1. The summed E-state index contributed by atoms with van der Waals surface area (Å²) < 4.78 is 33.6. The van der Waals surface area contributed by atoms with Crippen LogP contribution in [0.15, 0.2) is 24.3 Å². The molecular formula is C23H24O8. The van der Waals surface area contributed by atoms with E-state index in [4.69, 9.17) is 28.4 Å². The van der Waals surface area contributed by atoms with Gasteiger partial charge in [-0.25, -0.2) is 0 Å². The second-order valence-corrected chi connectivity index (χ2v) is 7.92. The van der Waals surface area contributed by atoms with E-state index in [1.807, 2.05) is 18.2 Å². The van der Waals surface area contributed by atoms with Crippen LogP contribution in [-0.4, -0.2) is 44.8 Å². The number of benzene rings is 2. The van der Waals surface area contributed by atoms with Crippen molar-refractivity contribution in [1.82, 2.24) is 0 Å². The maximum absolute atomic E-state index is 13.1. The molecule has 3 aliphatic rings. The minimum atomic E-state index is -1.61. The molecule has 3 atom stereocenters. The van der Waals surface area contributed by atoms with Crippen LogP contribution in [0.25, 0.3) is 0 Å². The molecule has 0 spiro atoms. The molecule has 8 heteroatoms. The summed E-state index contributed by atoms with van der Waals surface area (Å²) in [6, 6.07) is 7.17. The summed E-state index contributed by atoms with van der Waals surface area (Å²) in [6.07, 6.45) is 1.31. The molecule has 164 valence electrons. The summed E-state index contributed by atoms with van der Waals surface area (Å²) in [5.41, 5.74) is 1.49. The van der Waals surface area contributed by atoms with Crippen LogP contribution in [-0.2, 0) is 4.79 Å². The molecule has 1 aliphatic carbocycles. The van der Waals surface area contributed by atoms with Gasteiger partial charge >= 0.3 is 0 Å². The van der Waals surface area contributed by atoms with Gasteiger partial charge in [0.1, 0.15) is 11.5 Å². The maximum Gasteiger partial charge on any atom is 0.231 e. The SMILES string of the molecule is COc1cc([C@@H]2c3cc4c(cc3OC3(O)CCCC(=O)[C@H]23)OCO4)cc(OC)c1OC. The van der Waals surface area contributed by atoms with Crippen molar-refractivity contribution in [3.63, 3.8) is 0 Å². The summed E-state index contributed by atoms with van der Waals surface area (Å²) in [5, 5.41) is 11.4. The van der Waals surface area contributed by atoms with Gasteiger partial charge in [0.25, 0.3) is 0 Å². The minimum Gasteiger partial charge on any atom is -0.493 e. The summed E-state index contributed by atoms with van der Waals surface area (Å²) in [5.74, 6) is 0.0574. The Kier molecular flexibility index (Phi) is 4.62. The summed E-state index contributed by atoms with van der Waals surface area (Å²) in [4.78, 5) is 13.1. The van der Waals surface area contributed by atoms with Crippen molar-refractivity contribution in [2.24, 2.45) is 5.92 Å². The van der Waals surface area contributed by atoms with Crippen LogP contribution in [0.2, 0.25) is 0 Å². The molecule has 5 rings (SSSR count). The first-order chi connectivity index (χ1) is 15.0. The number of rotatable bonds is 4. The Hall–Kier alpha value is -3.13. The molecular weight excluding hydrogens is 404 g/mol. The van der Waals surface area contributed by atoms with Crippen molar-refractivity contribution in [3.05, 3.63) is 35.4 Å². The van der Waals surface area contributed by atoms with Crippen LogP contribution in [0.5, 0.6) is 34.5 Å². The van der Waals surface area contributed by atoms with Crippen LogP contribution in [0, 0.1) is 5.92 Å². The quantitative estimate of drug-likeness (QED) is 0.795. The molecule has 0 radical (unpaired) electrons. The van der Waals surface area contributed by atoms with E-state index in [1.54, 1.807) is 20.3 Å². The van der Waals surface area contributed by atoms with Gasteiger partial charge < -0.3 is 33.5 Å². The molecule has 2 aromatic rings. The lowest BCUT2D eigenvalue weighted by Crippen LogP contribution is -2.55. The Morgan fingerprint density at radius 1 is 0.968 bits per heavy atom. The van der Waals surface area contributed by atoms with Gasteiger partial charge in [0, 0.05) is 30.4 Å². The molecule has 31 heavy (non-hydrogen) atoms. The van der Waals surface area contributed by atoms with Crippen molar-refractivity contribution in [3.8, 4) is 34.5 Å². The number of carbonyl (C=O) groups is 1. The van der Waals surface area contributed by atoms with Crippen LogP contribution in [0.4, 0.5) is 0 Å². The first kappa shape index (κ1) is 19.8. The highest BCUT2D eigenvalue weighted by molar-refractivity contribution is 5.85. The third kappa shape index (κ3) is 2.96. The smallest absolute Gasteiger partial charge is 0.231 e. The fraction of sp³-hybridized carbons (Fsp3) is 0.435. The average molecular weight is 428 g/mol. The second kappa shape index (κ2) is 7.23. The molecule has 1 unspecified atom stereocenters. The lowest BCUT2D eigenvalue weighted by molar-refractivity contribution is -0.206. The van der Waals surface area contributed by atoms with Gasteiger partial charge in [0.2, 0.25) is 18.3 Å². The molecule has 2 aliphatic heterocycles. The number of hydrogen-bond donors (Lipinski definition) is 1. The zero-order valence-corrected chi connectivity index (χ0v) is 17.6. The third-order valence-electron chi connectivity index (χ3n) is 6.30. The van der Waals surface area contributed by atoms with E-state index in [0.29, 0.717) is 53.8 Å². The van der Waals surface area contributed by atoms with Gasteiger partial charge in [-0.1, -0.05) is 0 Å². The minimum absolute atomic E-state index is 0.0455. The highest BCUT2D eigenvalue weighted by Gasteiger charge is 2.55. The van der Waals surface area contributed by atoms with Gasteiger partial charge in [0.05, 0.1) is 27.2 Å². The van der Waals surface area contributed by atoms with E-state index in [-0.39, 0.29) is 12.6 Å².